The first-order valence-corrected chi connectivity index (χ1v) is 10.3. The third-order valence-electron chi connectivity index (χ3n) is 2.71. The fraction of sp³-hybridized carbons (Fsp3) is 0.143. The number of benzene rings is 2. The molecule has 2 rings (SSSR count). The van der Waals surface area contributed by atoms with Gasteiger partial charge in [-0.1, -0.05) is 132 Å². The number of halogens is 6. The van der Waals surface area contributed by atoms with Crippen LogP contribution in [0.25, 0.3) is 11.1 Å². The number of hydrogen-bond acceptors (Lipinski definition) is 0. The van der Waals surface area contributed by atoms with E-state index in [-0.39, 0.29) is 0 Å². The molecule has 0 aliphatic carbocycles. The minimum Gasteiger partial charge on any atom is -0.0613 e. The molecule has 0 aliphatic heterocycles. The third kappa shape index (κ3) is 4.66. The minimum absolute atomic E-state index is 0.398. The van der Waals surface area contributed by atoms with Crippen LogP contribution >= 0.6 is 95.6 Å². The van der Waals surface area contributed by atoms with E-state index in [4.69, 9.17) is 0 Å². The Kier molecular flexibility index (Phi) is 6.04. The Morgan fingerprint density at radius 3 is 1.20 bits per heavy atom. The molecule has 0 saturated heterocycles. The Morgan fingerprint density at radius 1 is 0.550 bits per heavy atom. The van der Waals surface area contributed by atoms with Crippen molar-refractivity contribution in [1.82, 2.24) is 0 Å². The highest BCUT2D eigenvalue weighted by Crippen LogP contribution is 2.46. The predicted molar refractivity (Wildman–Crippen MR) is 109 cm³/mol. The zero-order valence-corrected chi connectivity index (χ0v) is 19.4. The fourth-order valence-corrected chi connectivity index (χ4v) is 3.23. The van der Waals surface area contributed by atoms with Gasteiger partial charge in [0.05, 0.1) is 0 Å². The van der Waals surface area contributed by atoms with E-state index in [0.29, 0.717) is 0 Å². The molecule has 0 amide bonds. The summed E-state index contributed by atoms with van der Waals surface area (Å²) in [5.41, 5.74) is 4.51. The first-order chi connectivity index (χ1) is 9.18. The predicted octanol–water partition coefficient (Wildman–Crippen LogP) is 7.94. The monoisotopic (exact) mass is 650 g/mol. The topological polar surface area (TPSA) is 0 Å². The first kappa shape index (κ1) is 17.7. The van der Waals surface area contributed by atoms with Crippen molar-refractivity contribution in [3.05, 3.63) is 59.7 Å². The Bertz CT molecular complexity index is 554. The molecule has 6 heteroatoms. The maximum Gasteiger partial charge on any atom is 0.159 e. The standard InChI is InChI=1S/C14H8Br6/c15-13(16,17)11-5-1-3-9(7-11)10-4-2-6-12(8-10)14(18,19)20/h1-8H. The van der Waals surface area contributed by atoms with Gasteiger partial charge in [0.25, 0.3) is 0 Å². The highest BCUT2D eigenvalue weighted by atomic mass is 80.0. The summed E-state index contributed by atoms with van der Waals surface area (Å²) in [5, 5.41) is 0. The molecule has 0 N–H and O–H groups in total. The largest absolute Gasteiger partial charge is 0.159 e. The summed E-state index contributed by atoms with van der Waals surface area (Å²) in [4.78, 5) is 0. The molecule has 0 atom stereocenters. The molecule has 20 heavy (non-hydrogen) atoms. The molecular formula is C14H8Br6. The van der Waals surface area contributed by atoms with Gasteiger partial charge in [-0.05, 0) is 34.4 Å². The lowest BCUT2D eigenvalue weighted by Gasteiger charge is -2.16. The van der Waals surface area contributed by atoms with Crippen molar-refractivity contribution in [1.29, 1.82) is 0 Å². The molecule has 0 fully saturated rings. The number of rotatable bonds is 1. The normalized spacial score (nSPS) is 12.5. The smallest absolute Gasteiger partial charge is 0.0613 e. The lowest BCUT2D eigenvalue weighted by Crippen LogP contribution is -1.99. The van der Waals surface area contributed by atoms with E-state index in [9.17, 15) is 0 Å². The summed E-state index contributed by atoms with van der Waals surface area (Å²) < 4.78 is -0.796. The van der Waals surface area contributed by atoms with Crippen molar-refractivity contribution in [2.45, 2.75) is 4.29 Å². The van der Waals surface area contributed by atoms with E-state index < -0.39 is 4.29 Å². The Hall–Kier alpha value is 1.32. The average molecular weight is 656 g/mol. The van der Waals surface area contributed by atoms with Gasteiger partial charge in [0.1, 0.15) is 0 Å². The van der Waals surface area contributed by atoms with Gasteiger partial charge >= 0.3 is 0 Å². The number of hydrogen-bond donors (Lipinski definition) is 0. The molecule has 0 aromatic heterocycles. The maximum atomic E-state index is 3.55. The SMILES string of the molecule is BrC(Br)(Br)c1cccc(-c2cccc(C(Br)(Br)Br)c2)c1. The van der Waals surface area contributed by atoms with Crippen LogP contribution < -0.4 is 0 Å². The zero-order valence-electron chi connectivity index (χ0n) is 9.89. The lowest BCUT2D eigenvalue weighted by molar-refractivity contribution is 1.35. The van der Waals surface area contributed by atoms with Crippen LogP contribution in [0.5, 0.6) is 0 Å². The van der Waals surface area contributed by atoms with E-state index in [1.807, 2.05) is 12.1 Å². The molecule has 0 saturated carbocycles. The van der Waals surface area contributed by atoms with Gasteiger partial charge in [0.2, 0.25) is 0 Å². The molecule has 106 valence electrons. The highest BCUT2D eigenvalue weighted by Gasteiger charge is 2.22. The second-order valence-electron chi connectivity index (χ2n) is 4.16. The minimum atomic E-state index is -0.398. The van der Waals surface area contributed by atoms with Crippen molar-refractivity contribution in [3.8, 4) is 11.1 Å². The van der Waals surface area contributed by atoms with Crippen molar-refractivity contribution in [3.63, 3.8) is 0 Å². The molecule has 0 nitrogen and oxygen atoms in total. The van der Waals surface area contributed by atoms with Crippen LogP contribution in [0.4, 0.5) is 0 Å². The average Bonchev–Trinajstić information content (AvgIpc) is 2.37. The van der Waals surface area contributed by atoms with Gasteiger partial charge in [-0.3, -0.25) is 0 Å². The van der Waals surface area contributed by atoms with Crippen molar-refractivity contribution in [2.24, 2.45) is 0 Å². The van der Waals surface area contributed by atoms with E-state index in [1.54, 1.807) is 0 Å². The highest BCUT2D eigenvalue weighted by molar-refractivity contribution is 9.39. The van der Waals surface area contributed by atoms with Gasteiger partial charge in [-0.2, -0.15) is 0 Å². The third-order valence-corrected chi connectivity index (χ3v) is 5.46. The molecular weight excluding hydrogens is 648 g/mol. The molecule has 0 aliphatic rings. The second-order valence-corrected chi connectivity index (χ2v) is 17.7. The zero-order chi connectivity index (χ0) is 15.0. The van der Waals surface area contributed by atoms with Crippen LogP contribution in [-0.4, -0.2) is 0 Å². The van der Waals surface area contributed by atoms with Crippen LogP contribution in [0.15, 0.2) is 48.5 Å². The maximum absolute atomic E-state index is 3.55. The Labute approximate surface area is 168 Å². The van der Waals surface area contributed by atoms with Crippen LogP contribution in [0.3, 0.4) is 0 Å². The lowest BCUT2D eigenvalue weighted by atomic mass is 10.0. The number of alkyl halides is 6. The molecule has 2 aromatic carbocycles. The van der Waals surface area contributed by atoms with E-state index in [0.717, 1.165) is 22.3 Å². The molecule has 0 heterocycles. The Morgan fingerprint density at radius 2 is 0.900 bits per heavy atom. The van der Waals surface area contributed by atoms with Gasteiger partial charge in [-0.25, -0.2) is 0 Å². The van der Waals surface area contributed by atoms with E-state index >= 15 is 0 Å². The Balaban J connectivity index is 2.47. The van der Waals surface area contributed by atoms with Crippen LogP contribution in [0.2, 0.25) is 0 Å². The van der Waals surface area contributed by atoms with Gasteiger partial charge in [0, 0.05) is 0 Å². The van der Waals surface area contributed by atoms with Gasteiger partial charge < -0.3 is 0 Å². The molecule has 0 unspecified atom stereocenters. The van der Waals surface area contributed by atoms with Crippen LogP contribution in [0.1, 0.15) is 11.1 Å². The quantitative estimate of drug-likeness (QED) is 0.274. The summed E-state index contributed by atoms with van der Waals surface area (Å²) in [6.45, 7) is 0. The molecule has 0 radical (unpaired) electrons. The summed E-state index contributed by atoms with van der Waals surface area (Å²) >= 11 is 21.3. The second kappa shape index (κ2) is 6.83. The van der Waals surface area contributed by atoms with Crippen LogP contribution in [-0.2, 0) is 4.29 Å². The molecule has 0 spiro atoms. The summed E-state index contributed by atoms with van der Waals surface area (Å²) in [7, 11) is 0. The van der Waals surface area contributed by atoms with Gasteiger partial charge in [-0.15, -0.1) is 0 Å². The van der Waals surface area contributed by atoms with E-state index in [2.05, 4.69) is 132 Å². The van der Waals surface area contributed by atoms with E-state index in [1.165, 1.54) is 0 Å². The van der Waals surface area contributed by atoms with Crippen molar-refractivity contribution in [2.75, 3.05) is 0 Å². The van der Waals surface area contributed by atoms with Crippen LogP contribution in [0, 0.1) is 0 Å². The summed E-state index contributed by atoms with van der Waals surface area (Å²) in [6.07, 6.45) is 0. The summed E-state index contributed by atoms with van der Waals surface area (Å²) in [5.74, 6) is 0. The summed E-state index contributed by atoms with van der Waals surface area (Å²) in [6, 6.07) is 16.6. The van der Waals surface area contributed by atoms with Crippen molar-refractivity contribution < 1.29 is 0 Å². The van der Waals surface area contributed by atoms with Crippen molar-refractivity contribution >= 4 is 95.6 Å². The first-order valence-electron chi connectivity index (χ1n) is 5.53. The fourth-order valence-electron chi connectivity index (χ4n) is 1.75. The van der Waals surface area contributed by atoms with Gasteiger partial charge in [0.15, 0.2) is 4.29 Å². The molecule has 0 bridgehead atoms. The molecule has 2 aromatic rings.